The molecule has 0 saturated carbocycles. The third kappa shape index (κ3) is 57.6. The van der Waals surface area contributed by atoms with Gasteiger partial charge in [-0.15, -0.1) is 0 Å². The highest BCUT2D eigenvalue weighted by Gasteiger charge is 2.19. The monoisotopic (exact) mass is 991 g/mol. The highest BCUT2D eigenvalue weighted by atomic mass is 16.6. The van der Waals surface area contributed by atoms with Crippen molar-refractivity contribution in [2.45, 2.75) is 309 Å². The smallest absolute Gasteiger partial charge is 0.306 e. The minimum atomic E-state index is -0.778. The van der Waals surface area contributed by atoms with E-state index < -0.39 is 6.10 Å². The molecule has 0 fully saturated rings. The highest BCUT2D eigenvalue weighted by molar-refractivity contribution is 5.71. The van der Waals surface area contributed by atoms with Crippen molar-refractivity contribution in [3.63, 3.8) is 0 Å². The van der Waals surface area contributed by atoms with Crippen molar-refractivity contribution in [2.24, 2.45) is 0 Å². The Morgan fingerprint density at radius 3 is 0.859 bits per heavy atom. The molecular weight excluding hydrogens is 877 g/mol. The summed E-state index contributed by atoms with van der Waals surface area (Å²) in [4.78, 5) is 38.2. The molecule has 1 unspecified atom stereocenters. The normalized spacial score (nSPS) is 12.5. The quantitative estimate of drug-likeness (QED) is 0.0261. The molecule has 6 heteroatoms. The highest BCUT2D eigenvalue weighted by Crippen LogP contribution is 2.16. The molecule has 6 nitrogen and oxygen atoms in total. The van der Waals surface area contributed by atoms with E-state index in [9.17, 15) is 14.4 Å². The van der Waals surface area contributed by atoms with Crippen LogP contribution in [0.15, 0.2) is 72.9 Å². The van der Waals surface area contributed by atoms with E-state index >= 15 is 0 Å². The van der Waals surface area contributed by atoms with E-state index in [-0.39, 0.29) is 31.1 Å². The van der Waals surface area contributed by atoms with Gasteiger partial charge in [-0.1, -0.05) is 286 Å². The first-order valence-electron chi connectivity index (χ1n) is 30.4. The lowest BCUT2D eigenvalue weighted by Crippen LogP contribution is -2.30. The summed E-state index contributed by atoms with van der Waals surface area (Å²) in [5, 5.41) is 0. The topological polar surface area (TPSA) is 78.9 Å². The van der Waals surface area contributed by atoms with E-state index in [1.54, 1.807) is 0 Å². The Morgan fingerprint density at radius 1 is 0.296 bits per heavy atom. The third-order valence-corrected chi connectivity index (χ3v) is 13.2. The Kier molecular flexibility index (Phi) is 56.8. The molecule has 0 aromatic carbocycles. The van der Waals surface area contributed by atoms with Gasteiger partial charge in [-0.25, -0.2) is 0 Å². The van der Waals surface area contributed by atoms with E-state index in [0.29, 0.717) is 19.3 Å². The third-order valence-electron chi connectivity index (χ3n) is 13.2. The van der Waals surface area contributed by atoms with Gasteiger partial charge in [-0.3, -0.25) is 14.4 Å². The van der Waals surface area contributed by atoms with E-state index in [1.807, 2.05) is 0 Å². The average Bonchev–Trinajstić information content (AvgIpc) is 3.37. The molecule has 0 saturated heterocycles. The summed E-state index contributed by atoms with van der Waals surface area (Å²) in [5.74, 6) is -0.876. The van der Waals surface area contributed by atoms with Crippen LogP contribution in [0.4, 0.5) is 0 Å². The zero-order valence-electron chi connectivity index (χ0n) is 47.0. The second-order valence-corrected chi connectivity index (χ2v) is 20.2. The zero-order chi connectivity index (χ0) is 51.4. The summed E-state index contributed by atoms with van der Waals surface area (Å²) in [6.45, 7) is 6.55. The molecule has 0 aromatic rings. The summed E-state index contributed by atoms with van der Waals surface area (Å²) >= 11 is 0. The first-order valence-corrected chi connectivity index (χ1v) is 30.4. The molecule has 1 atom stereocenters. The SMILES string of the molecule is CC/C=C\C/C=C\C/C=C\C/C=C\C/C=C\C/C=C\CCCCCCCCC(=O)OCC(COC(=O)CCCCCCCCCCCCCCCC)OC(=O)CCCCCCCCCCCCCCCC. The standard InChI is InChI=1S/C65H114O6/c1-4-7-10-13-16-19-22-25-28-29-30-31-32-33-34-35-36-37-38-41-43-46-49-52-55-58-64(67)70-61-62(71-65(68)59-56-53-50-47-44-40-27-24-21-18-15-12-9-6-3)60-69-63(66)57-54-51-48-45-42-39-26-23-20-17-14-11-8-5-2/h7,10,16,19,25,28,30-31,33-34,36-37,62H,4-6,8-9,11-15,17-18,20-24,26-27,29,32,35,38-61H2,1-3H3/b10-7-,19-16-,28-25-,31-30-,34-33-,37-36-. The van der Waals surface area contributed by atoms with Crippen LogP contribution in [0.2, 0.25) is 0 Å². The van der Waals surface area contributed by atoms with Crippen LogP contribution in [0.3, 0.4) is 0 Å². The molecule has 0 radical (unpaired) electrons. The largest absolute Gasteiger partial charge is 0.462 e. The molecule has 0 aliphatic carbocycles. The van der Waals surface area contributed by atoms with Gasteiger partial charge in [0.15, 0.2) is 6.10 Å². The van der Waals surface area contributed by atoms with Crippen molar-refractivity contribution < 1.29 is 28.6 Å². The van der Waals surface area contributed by atoms with Crippen molar-refractivity contribution >= 4 is 17.9 Å². The van der Waals surface area contributed by atoms with Gasteiger partial charge in [0.1, 0.15) is 13.2 Å². The number of esters is 3. The predicted molar refractivity (Wildman–Crippen MR) is 307 cm³/mol. The fourth-order valence-electron chi connectivity index (χ4n) is 8.68. The molecule has 0 aliphatic heterocycles. The van der Waals surface area contributed by atoms with Gasteiger partial charge in [0.05, 0.1) is 0 Å². The summed E-state index contributed by atoms with van der Waals surface area (Å²) < 4.78 is 16.9. The van der Waals surface area contributed by atoms with Gasteiger partial charge in [0.2, 0.25) is 0 Å². The molecule has 0 aliphatic rings. The Balaban J connectivity index is 4.33. The lowest BCUT2D eigenvalue weighted by Gasteiger charge is -2.18. The second kappa shape index (κ2) is 59.4. The number of rotatable bonds is 55. The number of hydrogen-bond acceptors (Lipinski definition) is 6. The molecular formula is C65H114O6. The van der Waals surface area contributed by atoms with Crippen LogP contribution >= 0.6 is 0 Å². The number of allylic oxidation sites excluding steroid dienone is 12. The molecule has 0 rings (SSSR count). The van der Waals surface area contributed by atoms with Gasteiger partial charge in [0, 0.05) is 19.3 Å². The molecule has 71 heavy (non-hydrogen) atoms. The molecule has 0 amide bonds. The maximum Gasteiger partial charge on any atom is 0.306 e. The van der Waals surface area contributed by atoms with Gasteiger partial charge < -0.3 is 14.2 Å². The Labute approximate surface area is 440 Å². The Bertz CT molecular complexity index is 1320. The van der Waals surface area contributed by atoms with Crippen LogP contribution in [0.5, 0.6) is 0 Å². The van der Waals surface area contributed by atoms with Gasteiger partial charge in [-0.2, -0.15) is 0 Å². The van der Waals surface area contributed by atoms with Crippen molar-refractivity contribution in [2.75, 3.05) is 13.2 Å². The molecule has 0 spiro atoms. The average molecular weight is 992 g/mol. The van der Waals surface area contributed by atoms with Crippen LogP contribution in [0.25, 0.3) is 0 Å². The van der Waals surface area contributed by atoms with E-state index in [0.717, 1.165) is 103 Å². The van der Waals surface area contributed by atoms with Crippen molar-refractivity contribution in [1.29, 1.82) is 0 Å². The van der Waals surface area contributed by atoms with Gasteiger partial charge in [-0.05, 0) is 70.6 Å². The first kappa shape index (κ1) is 67.8. The summed E-state index contributed by atoms with van der Waals surface area (Å²) in [5.41, 5.74) is 0. The fourth-order valence-corrected chi connectivity index (χ4v) is 8.68. The van der Waals surface area contributed by atoms with Crippen LogP contribution < -0.4 is 0 Å². The van der Waals surface area contributed by atoms with Crippen LogP contribution in [-0.4, -0.2) is 37.2 Å². The number of carbonyl (C=O) groups is 3. The van der Waals surface area contributed by atoms with Gasteiger partial charge in [0.25, 0.3) is 0 Å². The molecule has 0 heterocycles. The number of unbranched alkanes of at least 4 members (excludes halogenated alkanes) is 32. The first-order chi connectivity index (χ1) is 35.0. The Hall–Kier alpha value is -3.15. The molecule has 0 N–H and O–H groups in total. The lowest BCUT2D eigenvalue weighted by molar-refractivity contribution is -0.167. The van der Waals surface area contributed by atoms with Gasteiger partial charge >= 0.3 is 17.9 Å². The number of ether oxygens (including phenoxy) is 3. The molecule has 0 aromatic heterocycles. The maximum absolute atomic E-state index is 12.9. The van der Waals surface area contributed by atoms with Crippen LogP contribution in [-0.2, 0) is 28.6 Å². The summed E-state index contributed by atoms with van der Waals surface area (Å²) in [6, 6.07) is 0. The summed E-state index contributed by atoms with van der Waals surface area (Å²) in [6.07, 6.45) is 76.1. The maximum atomic E-state index is 12.9. The summed E-state index contributed by atoms with van der Waals surface area (Å²) in [7, 11) is 0. The predicted octanol–water partition coefficient (Wildman–Crippen LogP) is 20.5. The second-order valence-electron chi connectivity index (χ2n) is 20.2. The van der Waals surface area contributed by atoms with Crippen molar-refractivity contribution in [3.05, 3.63) is 72.9 Å². The zero-order valence-corrected chi connectivity index (χ0v) is 47.0. The molecule has 410 valence electrons. The lowest BCUT2D eigenvalue weighted by atomic mass is 10.0. The Morgan fingerprint density at radius 2 is 0.549 bits per heavy atom. The number of hydrogen-bond donors (Lipinski definition) is 0. The number of carbonyl (C=O) groups excluding carboxylic acids is 3. The van der Waals surface area contributed by atoms with Crippen LogP contribution in [0.1, 0.15) is 303 Å². The minimum Gasteiger partial charge on any atom is -0.462 e. The van der Waals surface area contributed by atoms with Crippen LogP contribution in [0, 0.1) is 0 Å². The minimum absolute atomic E-state index is 0.0756. The molecule has 0 bridgehead atoms. The van der Waals surface area contributed by atoms with E-state index in [2.05, 4.69) is 93.7 Å². The van der Waals surface area contributed by atoms with Crippen molar-refractivity contribution in [1.82, 2.24) is 0 Å². The van der Waals surface area contributed by atoms with E-state index in [1.165, 1.54) is 161 Å². The van der Waals surface area contributed by atoms with Crippen molar-refractivity contribution in [3.8, 4) is 0 Å². The fraction of sp³-hybridized carbons (Fsp3) is 0.769. The van der Waals surface area contributed by atoms with E-state index in [4.69, 9.17) is 14.2 Å².